The van der Waals surface area contributed by atoms with Crippen molar-refractivity contribution in [3.63, 3.8) is 0 Å². The predicted molar refractivity (Wildman–Crippen MR) is 94.0 cm³/mol. The van der Waals surface area contributed by atoms with Crippen LogP contribution in [0.3, 0.4) is 0 Å². The highest BCUT2D eigenvalue weighted by Gasteiger charge is 2.31. The van der Waals surface area contributed by atoms with Gasteiger partial charge in [-0.2, -0.15) is 4.31 Å². The fourth-order valence-corrected chi connectivity index (χ4v) is 4.13. The van der Waals surface area contributed by atoms with Gasteiger partial charge < -0.3 is 5.32 Å². The largest absolute Gasteiger partial charge is 0.354 e. The third kappa shape index (κ3) is 4.99. The molecular formula is C17H26FN3O3S. The molecule has 1 atom stereocenters. The fourth-order valence-electron chi connectivity index (χ4n) is 2.71. The molecule has 2 rings (SSSR count). The van der Waals surface area contributed by atoms with Crippen LogP contribution in [-0.2, 0) is 14.8 Å². The molecule has 25 heavy (non-hydrogen) atoms. The second kappa shape index (κ2) is 8.25. The molecule has 0 radical (unpaired) electrons. The molecule has 0 aliphatic carbocycles. The van der Waals surface area contributed by atoms with E-state index in [9.17, 15) is 17.6 Å². The fraction of sp³-hybridized carbons (Fsp3) is 0.588. The van der Waals surface area contributed by atoms with E-state index in [0.717, 1.165) is 12.1 Å². The lowest BCUT2D eigenvalue weighted by Gasteiger charge is -2.36. The summed E-state index contributed by atoms with van der Waals surface area (Å²) in [6, 6.07) is 4.54. The zero-order valence-electron chi connectivity index (χ0n) is 14.9. The lowest BCUT2D eigenvalue weighted by molar-refractivity contribution is -0.126. The molecule has 1 amide bonds. The van der Waals surface area contributed by atoms with Gasteiger partial charge in [-0.25, -0.2) is 12.8 Å². The quantitative estimate of drug-likeness (QED) is 0.818. The van der Waals surface area contributed by atoms with E-state index in [2.05, 4.69) is 5.32 Å². The number of sulfonamides is 1. The molecule has 0 bridgehead atoms. The first-order valence-corrected chi connectivity index (χ1v) is 9.93. The molecule has 1 aromatic carbocycles. The minimum absolute atomic E-state index is 0.0384. The highest BCUT2D eigenvalue weighted by atomic mass is 32.2. The first-order valence-electron chi connectivity index (χ1n) is 8.49. The van der Waals surface area contributed by atoms with Gasteiger partial charge in [-0.05, 0) is 37.1 Å². The molecule has 1 aliphatic heterocycles. The molecule has 8 heteroatoms. The lowest BCUT2D eigenvalue weighted by Crippen LogP contribution is -2.55. The van der Waals surface area contributed by atoms with Crippen molar-refractivity contribution >= 4 is 15.9 Å². The van der Waals surface area contributed by atoms with Gasteiger partial charge in [0.1, 0.15) is 5.82 Å². The number of hydrogen-bond acceptors (Lipinski definition) is 4. The molecule has 1 saturated heterocycles. The number of halogens is 1. The number of rotatable bonds is 6. The average Bonchev–Trinajstić information content (AvgIpc) is 2.59. The second-order valence-electron chi connectivity index (χ2n) is 6.71. The van der Waals surface area contributed by atoms with Crippen LogP contribution in [0.2, 0.25) is 0 Å². The number of carbonyl (C=O) groups excluding carboxylic acids is 1. The Balaban J connectivity index is 1.94. The third-order valence-electron chi connectivity index (χ3n) is 4.34. The highest BCUT2D eigenvalue weighted by Crippen LogP contribution is 2.18. The summed E-state index contributed by atoms with van der Waals surface area (Å²) in [5, 5.41) is 2.90. The van der Waals surface area contributed by atoms with Gasteiger partial charge in [-0.15, -0.1) is 0 Å². The number of piperazine rings is 1. The first-order chi connectivity index (χ1) is 11.7. The summed E-state index contributed by atoms with van der Waals surface area (Å²) < 4.78 is 39.6. The maximum atomic E-state index is 13.0. The molecule has 0 aromatic heterocycles. The number of nitrogens with zero attached hydrogens (tertiary/aromatic N) is 2. The van der Waals surface area contributed by atoms with Crippen LogP contribution in [0.5, 0.6) is 0 Å². The molecule has 0 spiro atoms. The Morgan fingerprint density at radius 3 is 2.20 bits per heavy atom. The van der Waals surface area contributed by atoms with Crippen LogP contribution in [0.4, 0.5) is 4.39 Å². The van der Waals surface area contributed by atoms with Crippen molar-refractivity contribution in [3.05, 3.63) is 30.1 Å². The molecule has 1 heterocycles. The van der Waals surface area contributed by atoms with Gasteiger partial charge in [-0.3, -0.25) is 9.69 Å². The summed E-state index contributed by atoms with van der Waals surface area (Å²) in [5.74, 6) is -0.123. The average molecular weight is 371 g/mol. The summed E-state index contributed by atoms with van der Waals surface area (Å²) in [5.41, 5.74) is 0. The van der Waals surface area contributed by atoms with Gasteiger partial charge in [0.2, 0.25) is 15.9 Å². The Morgan fingerprint density at radius 2 is 1.68 bits per heavy atom. The van der Waals surface area contributed by atoms with Gasteiger partial charge in [0, 0.05) is 32.7 Å². The summed E-state index contributed by atoms with van der Waals surface area (Å²) in [7, 11) is -3.63. The maximum Gasteiger partial charge on any atom is 0.243 e. The van der Waals surface area contributed by atoms with Crippen molar-refractivity contribution in [2.45, 2.75) is 31.7 Å². The normalized spacial score (nSPS) is 18.3. The van der Waals surface area contributed by atoms with E-state index in [1.807, 2.05) is 25.7 Å². The zero-order chi connectivity index (χ0) is 18.6. The van der Waals surface area contributed by atoms with Crippen molar-refractivity contribution in [3.8, 4) is 0 Å². The van der Waals surface area contributed by atoms with Crippen LogP contribution < -0.4 is 5.32 Å². The van der Waals surface area contributed by atoms with Crippen LogP contribution in [0.25, 0.3) is 0 Å². The molecule has 0 saturated carbocycles. The number of amides is 1. The minimum atomic E-state index is -3.63. The molecule has 140 valence electrons. The van der Waals surface area contributed by atoms with E-state index in [-0.39, 0.29) is 16.8 Å². The number of hydrogen-bond donors (Lipinski definition) is 1. The van der Waals surface area contributed by atoms with Gasteiger partial charge in [-0.1, -0.05) is 13.8 Å². The van der Waals surface area contributed by atoms with Crippen molar-refractivity contribution < 1.29 is 17.6 Å². The molecule has 1 N–H and O–H groups in total. The van der Waals surface area contributed by atoms with Crippen molar-refractivity contribution in [1.29, 1.82) is 0 Å². The summed E-state index contributed by atoms with van der Waals surface area (Å²) in [4.78, 5) is 14.2. The minimum Gasteiger partial charge on any atom is -0.354 e. The van der Waals surface area contributed by atoms with Crippen LogP contribution in [-0.4, -0.2) is 62.3 Å². The number of benzene rings is 1. The van der Waals surface area contributed by atoms with Crippen LogP contribution in [0.15, 0.2) is 29.2 Å². The van der Waals surface area contributed by atoms with Gasteiger partial charge >= 0.3 is 0 Å². The molecule has 1 fully saturated rings. The Hall–Kier alpha value is -1.51. The van der Waals surface area contributed by atoms with E-state index in [0.29, 0.717) is 38.6 Å². The molecule has 1 aliphatic rings. The molecular weight excluding hydrogens is 345 g/mol. The standard InChI is InChI=1S/C17H26FN3O3S/c1-13(2)12-19-17(22)14(3)20-8-10-21(11-9-20)25(23,24)16-6-4-15(18)5-7-16/h4-7,13-14H,8-12H2,1-3H3,(H,19,22)/t14-/m0/s1. The summed E-state index contributed by atoms with van der Waals surface area (Å²) in [6.45, 7) is 8.10. The molecule has 1 aromatic rings. The van der Waals surface area contributed by atoms with E-state index in [1.54, 1.807) is 0 Å². The van der Waals surface area contributed by atoms with E-state index < -0.39 is 15.8 Å². The van der Waals surface area contributed by atoms with Crippen molar-refractivity contribution in [1.82, 2.24) is 14.5 Å². The zero-order valence-corrected chi connectivity index (χ0v) is 15.7. The number of nitrogens with one attached hydrogen (secondary N) is 1. The van der Waals surface area contributed by atoms with Crippen molar-refractivity contribution in [2.24, 2.45) is 5.92 Å². The SMILES string of the molecule is CC(C)CNC(=O)[C@H](C)N1CCN(S(=O)(=O)c2ccc(F)cc2)CC1. The van der Waals surface area contributed by atoms with Gasteiger partial charge in [0.25, 0.3) is 0 Å². The maximum absolute atomic E-state index is 13.0. The third-order valence-corrected chi connectivity index (χ3v) is 6.25. The monoisotopic (exact) mass is 371 g/mol. The van der Waals surface area contributed by atoms with Crippen LogP contribution in [0, 0.1) is 11.7 Å². The van der Waals surface area contributed by atoms with Crippen molar-refractivity contribution in [2.75, 3.05) is 32.7 Å². The smallest absolute Gasteiger partial charge is 0.243 e. The highest BCUT2D eigenvalue weighted by molar-refractivity contribution is 7.89. The molecule has 6 nitrogen and oxygen atoms in total. The Morgan fingerprint density at radius 1 is 1.12 bits per heavy atom. The second-order valence-corrected chi connectivity index (χ2v) is 8.65. The van der Waals surface area contributed by atoms with Crippen LogP contribution >= 0.6 is 0 Å². The van der Waals surface area contributed by atoms with E-state index in [4.69, 9.17) is 0 Å². The van der Waals surface area contributed by atoms with Gasteiger partial charge in [0.15, 0.2) is 0 Å². The Kier molecular flexibility index (Phi) is 6.53. The van der Waals surface area contributed by atoms with Crippen LogP contribution in [0.1, 0.15) is 20.8 Å². The predicted octanol–water partition coefficient (Wildman–Crippen LogP) is 1.29. The topological polar surface area (TPSA) is 69.7 Å². The van der Waals surface area contributed by atoms with Gasteiger partial charge in [0.05, 0.1) is 10.9 Å². The summed E-state index contributed by atoms with van der Waals surface area (Å²) in [6.07, 6.45) is 0. The Labute approximate surface area is 149 Å². The first kappa shape index (κ1) is 19.8. The molecule has 0 unspecified atom stereocenters. The van der Waals surface area contributed by atoms with E-state index >= 15 is 0 Å². The summed E-state index contributed by atoms with van der Waals surface area (Å²) >= 11 is 0. The number of carbonyl (C=O) groups is 1. The van der Waals surface area contributed by atoms with E-state index in [1.165, 1.54) is 16.4 Å². The lowest BCUT2D eigenvalue weighted by atomic mass is 10.2. The Bertz CT molecular complexity index is 684.